The van der Waals surface area contributed by atoms with Crippen LogP contribution < -0.4 is 0 Å². The minimum Gasteiger partial charge on any atom is -0.504 e. The van der Waals surface area contributed by atoms with Gasteiger partial charge in [-0.2, -0.15) is 0 Å². The van der Waals surface area contributed by atoms with E-state index in [0.29, 0.717) is 6.42 Å². The molecule has 1 aliphatic heterocycles. The number of amides is 2. The van der Waals surface area contributed by atoms with Crippen LogP contribution in [0.1, 0.15) is 26.2 Å². The van der Waals surface area contributed by atoms with Crippen LogP contribution in [0, 0.1) is 11.3 Å². The molecule has 1 heterocycles. The average Bonchev–Trinajstić information content (AvgIpc) is 2.87. The molecule has 0 radical (unpaired) electrons. The minimum absolute atomic E-state index is 0.0237. The van der Waals surface area contributed by atoms with Gasteiger partial charge in [-0.1, -0.05) is 6.08 Å². The number of esters is 1. The first-order chi connectivity index (χ1) is 10.5. The third kappa shape index (κ3) is 3.69. The van der Waals surface area contributed by atoms with E-state index in [0.717, 1.165) is 4.90 Å². The summed E-state index contributed by atoms with van der Waals surface area (Å²) in [7, 11) is 0. The van der Waals surface area contributed by atoms with Crippen molar-refractivity contribution in [3.05, 3.63) is 29.1 Å². The molecule has 1 saturated heterocycles. The van der Waals surface area contributed by atoms with Gasteiger partial charge in [-0.25, -0.2) is 4.79 Å². The number of hydrogen-bond acceptors (Lipinski definition) is 6. The molecule has 8 nitrogen and oxygen atoms in total. The highest BCUT2D eigenvalue weighted by Gasteiger charge is 2.44. The molecule has 8 heteroatoms. The lowest BCUT2D eigenvalue weighted by molar-refractivity contribution is -0.143. The number of ether oxygens (including phenoxy) is 1. The zero-order chi connectivity index (χ0) is 16.7. The van der Waals surface area contributed by atoms with Crippen LogP contribution in [0.5, 0.6) is 0 Å². The van der Waals surface area contributed by atoms with Gasteiger partial charge in [-0.3, -0.25) is 14.5 Å². The molecule has 0 aliphatic carbocycles. The summed E-state index contributed by atoms with van der Waals surface area (Å²) in [5, 5.41) is 18.8. The Hall–Kier alpha value is -2.69. The summed E-state index contributed by atoms with van der Waals surface area (Å²) in [4.78, 5) is 39.3. The summed E-state index contributed by atoms with van der Waals surface area (Å²) < 4.78 is 4.62. The number of diazo groups is 1. The number of aliphatic hydroxyl groups excluding tert-OH is 1. The standard InChI is InChI=1S/C14H17N3O5/c1-3-5-6-10(18)17-8-7-9(13(17)20)12(19)11(16-15)14(21)22-4-2/h3,9H,1,4-8H2,2H3/p+1. The summed E-state index contributed by atoms with van der Waals surface area (Å²) in [6.07, 6.45) is 2.29. The van der Waals surface area contributed by atoms with Gasteiger partial charge in [-0.15, -0.1) is 6.58 Å². The normalized spacial score (nSPS) is 18.5. The van der Waals surface area contributed by atoms with E-state index >= 15 is 0 Å². The molecule has 1 unspecified atom stereocenters. The van der Waals surface area contributed by atoms with Gasteiger partial charge >= 0.3 is 11.7 Å². The maximum Gasteiger partial charge on any atom is 0.505 e. The van der Waals surface area contributed by atoms with Crippen LogP contribution in [0.2, 0.25) is 0 Å². The van der Waals surface area contributed by atoms with E-state index in [1.54, 1.807) is 13.0 Å². The van der Waals surface area contributed by atoms with Gasteiger partial charge in [0.2, 0.25) is 23.0 Å². The van der Waals surface area contributed by atoms with Crippen LogP contribution >= 0.6 is 0 Å². The lowest BCUT2D eigenvalue weighted by Gasteiger charge is -2.13. The maximum absolute atomic E-state index is 12.2. The SMILES string of the molecule is C=CCCC(=O)N1CCC(/C(O)=C(\[N+]#N)C(=O)OCC)C1=O. The van der Waals surface area contributed by atoms with Gasteiger partial charge in [0.15, 0.2) is 4.98 Å². The van der Waals surface area contributed by atoms with Crippen molar-refractivity contribution in [1.29, 1.82) is 5.39 Å². The fraction of sp³-hybridized carbons (Fsp3) is 0.500. The Bertz CT molecular complexity index is 561. The van der Waals surface area contributed by atoms with Crippen molar-refractivity contribution in [2.45, 2.75) is 26.2 Å². The van der Waals surface area contributed by atoms with Crippen molar-refractivity contribution in [2.75, 3.05) is 13.2 Å². The number of aliphatic hydroxyl groups is 1. The Morgan fingerprint density at radius 3 is 2.82 bits per heavy atom. The fourth-order valence-corrected chi connectivity index (χ4v) is 2.10. The van der Waals surface area contributed by atoms with Gasteiger partial charge < -0.3 is 9.84 Å². The highest BCUT2D eigenvalue weighted by molar-refractivity contribution is 6.00. The summed E-state index contributed by atoms with van der Waals surface area (Å²) in [5.74, 6) is -3.82. The maximum atomic E-state index is 12.2. The topological polar surface area (TPSA) is 112 Å². The smallest absolute Gasteiger partial charge is 0.504 e. The van der Waals surface area contributed by atoms with E-state index < -0.39 is 29.3 Å². The zero-order valence-electron chi connectivity index (χ0n) is 12.3. The van der Waals surface area contributed by atoms with Crippen molar-refractivity contribution in [2.24, 2.45) is 5.92 Å². The second kappa shape index (κ2) is 7.93. The van der Waals surface area contributed by atoms with E-state index in [-0.39, 0.29) is 31.9 Å². The Kier molecular flexibility index (Phi) is 6.25. The van der Waals surface area contributed by atoms with E-state index in [9.17, 15) is 19.5 Å². The predicted molar refractivity (Wildman–Crippen MR) is 75.6 cm³/mol. The highest BCUT2D eigenvalue weighted by atomic mass is 16.5. The molecule has 0 bridgehead atoms. The number of allylic oxidation sites excluding steroid dienone is 1. The molecule has 22 heavy (non-hydrogen) atoms. The lowest BCUT2D eigenvalue weighted by Crippen LogP contribution is -2.34. The summed E-state index contributed by atoms with van der Waals surface area (Å²) >= 11 is 0. The third-order valence-corrected chi connectivity index (χ3v) is 3.21. The lowest BCUT2D eigenvalue weighted by atomic mass is 10.0. The van der Waals surface area contributed by atoms with Gasteiger partial charge in [0.1, 0.15) is 5.92 Å². The molecule has 1 fully saturated rings. The van der Waals surface area contributed by atoms with Crippen molar-refractivity contribution >= 4 is 17.8 Å². The summed E-state index contributed by atoms with van der Waals surface area (Å²) in [6.45, 7) is 5.20. The molecule has 1 atom stereocenters. The Morgan fingerprint density at radius 1 is 1.59 bits per heavy atom. The Labute approximate surface area is 127 Å². The number of likely N-dealkylation sites (tertiary alicyclic amines) is 1. The first-order valence-corrected chi connectivity index (χ1v) is 6.88. The van der Waals surface area contributed by atoms with Gasteiger partial charge in [0.25, 0.3) is 0 Å². The van der Waals surface area contributed by atoms with Gasteiger partial charge in [-0.05, 0) is 19.8 Å². The second-order valence-corrected chi connectivity index (χ2v) is 4.61. The number of hydrogen-bond donors (Lipinski definition) is 1. The Balaban J connectivity index is 2.92. The largest absolute Gasteiger partial charge is 0.505 e. The van der Waals surface area contributed by atoms with Crippen molar-refractivity contribution in [3.8, 4) is 0 Å². The van der Waals surface area contributed by atoms with E-state index in [4.69, 9.17) is 5.39 Å². The van der Waals surface area contributed by atoms with Crippen LogP contribution in [-0.4, -0.2) is 40.9 Å². The fourth-order valence-electron chi connectivity index (χ4n) is 2.10. The Morgan fingerprint density at radius 2 is 2.27 bits per heavy atom. The van der Waals surface area contributed by atoms with E-state index in [1.807, 2.05) is 0 Å². The first kappa shape index (κ1) is 17.4. The summed E-state index contributed by atoms with van der Waals surface area (Å²) in [6, 6.07) is 0. The van der Waals surface area contributed by atoms with Gasteiger partial charge in [0.05, 0.1) is 6.61 Å². The van der Waals surface area contributed by atoms with Crippen LogP contribution in [0.3, 0.4) is 0 Å². The molecule has 0 saturated carbocycles. The average molecular weight is 308 g/mol. The highest BCUT2D eigenvalue weighted by Crippen LogP contribution is 2.27. The van der Waals surface area contributed by atoms with Crippen LogP contribution in [0.25, 0.3) is 4.98 Å². The molecule has 0 spiro atoms. The van der Waals surface area contributed by atoms with Crippen molar-refractivity contribution in [3.63, 3.8) is 0 Å². The molecule has 0 aromatic heterocycles. The van der Waals surface area contributed by atoms with E-state index in [1.165, 1.54) is 0 Å². The molecular weight excluding hydrogens is 290 g/mol. The molecular formula is C14H18N3O5+. The number of carbonyl (C=O) groups excluding carboxylic acids is 3. The molecule has 0 aromatic rings. The first-order valence-electron chi connectivity index (χ1n) is 6.88. The van der Waals surface area contributed by atoms with Crippen molar-refractivity contribution in [1.82, 2.24) is 4.90 Å². The van der Waals surface area contributed by atoms with Crippen LogP contribution in [0.15, 0.2) is 24.1 Å². The minimum atomic E-state index is -1.09. The molecule has 1 rings (SSSR count). The quantitative estimate of drug-likeness (QED) is 0.262. The summed E-state index contributed by atoms with van der Waals surface area (Å²) in [5.41, 5.74) is -0.722. The van der Waals surface area contributed by atoms with Crippen molar-refractivity contribution < 1.29 is 24.2 Å². The van der Waals surface area contributed by atoms with Crippen LogP contribution in [0.4, 0.5) is 0 Å². The number of rotatable bonds is 6. The zero-order valence-corrected chi connectivity index (χ0v) is 12.3. The predicted octanol–water partition coefficient (Wildman–Crippen LogP) is 1.51. The molecule has 0 aromatic carbocycles. The molecule has 118 valence electrons. The van der Waals surface area contributed by atoms with Gasteiger partial charge in [0, 0.05) is 13.0 Å². The third-order valence-electron chi connectivity index (χ3n) is 3.21. The molecule has 2 amide bonds. The van der Waals surface area contributed by atoms with Crippen LogP contribution in [-0.2, 0) is 19.1 Å². The number of carbonyl (C=O) groups is 3. The number of nitrogens with zero attached hydrogens (tertiary/aromatic N) is 3. The monoisotopic (exact) mass is 308 g/mol. The molecule has 1 N–H and O–H groups in total. The van der Waals surface area contributed by atoms with E-state index in [2.05, 4.69) is 16.3 Å². The number of imide groups is 1. The molecule has 1 aliphatic rings. The second-order valence-electron chi connectivity index (χ2n) is 4.61.